The van der Waals surface area contributed by atoms with Crippen molar-refractivity contribution in [3.8, 4) is 23.6 Å². The maximum atomic E-state index is 13.9. The van der Waals surface area contributed by atoms with E-state index >= 15 is 0 Å². The Bertz CT molecular complexity index is 1970. The highest BCUT2D eigenvalue weighted by molar-refractivity contribution is 5.87. The summed E-state index contributed by atoms with van der Waals surface area (Å²) in [6, 6.07) is 28.9. The number of ether oxygens (including phenoxy) is 4. The molecule has 0 bridgehead atoms. The third kappa shape index (κ3) is 15.2. The van der Waals surface area contributed by atoms with Gasteiger partial charge in [-0.3, -0.25) is 9.59 Å². The van der Waals surface area contributed by atoms with Gasteiger partial charge in [-0.15, -0.1) is 0 Å². The maximum absolute atomic E-state index is 13.9. The lowest BCUT2D eigenvalue weighted by atomic mass is 9.97. The van der Waals surface area contributed by atoms with Crippen molar-refractivity contribution in [2.45, 2.75) is 77.3 Å². The number of aliphatic hydroxyl groups excluding tert-OH is 2. The highest BCUT2D eigenvalue weighted by Gasteiger charge is 2.38. The number of alkyl carbamates (subject to hydrolysis) is 2. The minimum Gasteiger partial charge on any atom is -0.491 e. The van der Waals surface area contributed by atoms with E-state index in [0.717, 1.165) is 11.1 Å². The molecule has 0 spiro atoms. The Kier molecular flexibility index (Phi) is 18.6. The van der Waals surface area contributed by atoms with Crippen molar-refractivity contribution in [2.24, 2.45) is 11.8 Å². The second kappa shape index (κ2) is 24.2. The smallest absolute Gasteiger partial charge is 0.408 e. The molecular weight excluding hydrogens is 797 g/mol. The Labute approximate surface area is 360 Å². The first kappa shape index (κ1) is 47.5. The standard InChI is InChI=1S/C46H52N6O10/c1-29(2)39(51-45(57)61-25-33-11-7-5-8-12-33)43(55)49-37(27-59-35-19-15-31(23-47)16-20-35)41(53)42(54)38(28-60-36-21-17-32(24-48)18-22-36)50-44(56)40(30(3)4)52-46(58)62-26-34-13-9-6-10-14-34/h5-22,29-30,37-42,53-54H,25-28H2,1-4H3,(H,49,55)(H,50,56)(H,51,57)(H,52,58)/t37-,38-,39-,40-,41+,42+/m0/s1. The first-order valence-electron chi connectivity index (χ1n) is 19.9. The van der Waals surface area contributed by atoms with Crippen molar-refractivity contribution >= 4 is 24.0 Å². The largest absolute Gasteiger partial charge is 0.491 e. The van der Waals surface area contributed by atoms with E-state index in [-0.39, 0.29) is 24.7 Å². The zero-order chi connectivity index (χ0) is 45.0. The highest BCUT2D eigenvalue weighted by atomic mass is 16.6. The Morgan fingerprint density at radius 1 is 0.532 bits per heavy atom. The molecule has 16 heteroatoms. The van der Waals surface area contributed by atoms with Crippen LogP contribution >= 0.6 is 0 Å². The molecule has 62 heavy (non-hydrogen) atoms. The molecular formula is C46H52N6O10. The summed E-state index contributed by atoms with van der Waals surface area (Å²) in [5.41, 5.74) is 2.19. The molecule has 4 rings (SSSR count). The van der Waals surface area contributed by atoms with Crippen LogP contribution in [-0.4, -0.2) is 83.8 Å². The fourth-order valence-electron chi connectivity index (χ4n) is 5.95. The van der Waals surface area contributed by atoms with E-state index in [1.165, 1.54) is 48.5 Å². The van der Waals surface area contributed by atoms with Crippen LogP contribution in [0.1, 0.15) is 49.9 Å². The molecule has 326 valence electrons. The number of nitrogens with one attached hydrogen (secondary N) is 4. The second-order valence-electron chi connectivity index (χ2n) is 15.0. The van der Waals surface area contributed by atoms with Crippen molar-refractivity contribution in [1.29, 1.82) is 10.5 Å². The van der Waals surface area contributed by atoms with Crippen molar-refractivity contribution in [1.82, 2.24) is 21.3 Å². The molecule has 0 aliphatic heterocycles. The number of nitrogens with zero attached hydrogens (tertiary/aromatic N) is 2. The van der Waals surface area contributed by atoms with Gasteiger partial charge < -0.3 is 50.4 Å². The zero-order valence-electron chi connectivity index (χ0n) is 34.9. The van der Waals surface area contributed by atoms with Crippen molar-refractivity contribution in [3.63, 3.8) is 0 Å². The van der Waals surface area contributed by atoms with Crippen LogP contribution in [0.2, 0.25) is 0 Å². The number of hydrogen-bond donors (Lipinski definition) is 6. The van der Waals surface area contributed by atoms with Gasteiger partial charge in [-0.1, -0.05) is 88.4 Å². The third-order valence-electron chi connectivity index (χ3n) is 9.53. The van der Waals surface area contributed by atoms with Crippen LogP contribution in [0, 0.1) is 34.5 Å². The van der Waals surface area contributed by atoms with Gasteiger partial charge in [0.1, 0.15) is 62.2 Å². The molecule has 0 unspecified atom stereocenters. The van der Waals surface area contributed by atoms with Gasteiger partial charge in [0.25, 0.3) is 0 Å². The number of benzene rings is 4. The number of amides is 4. The molecule has 0 aliphatic rings. The van der Waals surface area contributed by atoms with Gasteiger partial charge in [0.05, 0.1) is 35.3 Å². The zero-order valence-corrected chi connectivity index (χ0v) is 34.9. The second-order valence-corrected chi connectivity index (χ2v) is 15.0. The number of carbonyl (C=O) groups is 4. The molecule has 0 saturated heterocycles. The van der Waals surface area contributed by atoms with E-state index < -0.39 is 85.4 Å². The quantitative estimate of drug-likeness (QED) is 0.0681. The third-order valence-corrected chi connectivity index (χ3v) is 9.53. The van der Waals surface area contributed by atoms with Crippen molar-refractivity contribution in [2.75, 3.05) is 13.2 Å². The minimum absolute atomic E-state index is 0.0508. The van der Waals surface area contributed by atoms with Crippen LogP contribution in [-0.2, 0) is 32.3 Å². The number of nitriles is 2. The van der Waals surface area contributed by atoms with E-state index in [2.05, 4.69) is 21.3 Å². The SMILES string of the molecule is CC(C)[C@H](NC(=O)OCc1ccccc1)C(=O)N[C@@H](COc1ccc(C#N)cc1)[C@@H](O)[C@H](O)[C@H](COc1ccc(C#N)cc1)NC(=O)[C@@H](NC(=O)OCc1ccccc1)C(C)C. The Morgan fingerprint density at radius 2 is 0.871 bits per heavy atom. The van der Waals surface area contributed by atoms with Crippen LogP contribution < -0.4 is 30.7 Å². The van der Waals surface area contributed by atoms with E-state index in [9.17, 15) is 39.9 Å². The van der Waals surface area contributed by atoms with Gasteiger partial charge >= 0.3 is 12.2 Å². The lowest BCUT2D eigenvalue weighted by Crippen LogP contribution is -2.63. The summed E-state index contributed by atoms with van der Waals surface area (Å²) in [4.78, 5) is 53.5. The van der Waals surface area contributed by atoms with E-state index in [4.69, 9.17) is 18.9 Å². The average molecular weight is 849 g/mol. The molecule has 0 aromatic heterocycles. The summed E-state index contributed by atoms with van der Waals surface area (Å²) >= 11 is 0. The van der Waals surface area contributed by atoms with Crippen LogP contribution in [0.3, 0.4) is 0 Å². The maximum Gasteiger partial charge on any atom is 0.408 e. The topological polar surface area (TPSA) is 241 Å². The summed E-state index contributed by atoms with van der Waals surface area (Å²) in [5.74, 6) is -1.91. The molecule has 0 aliphatic carbocycles. The highest BCUT2D eigenvalue weighted by Crippen LogP contribution is 2.17. The van der Waals surface area contributed by atoms with E-state index in [1.807, 2.05) is 24.3 Å². The Morgan fingerprint density at radius 3 is 1.18 bits per heavy atom. The van der Waals surface area contributed by atoms with E-state index in [0.29, 0.717) is 11.1 Å². The molecule has 0 saturated carbocycles. The molecule has 4 aromatic rings. The van der Waals surface area contributed by atoms with Gasteiger partial charge in [0, 0.05) is 0 Å². The van der Waals surface area contributed by atoms with Crippen LogP contribution in [0.25, 0.3) is 0 Å². The number of rotatable bonds is 21. The lowest BCUT2D eigenvalue weighted by Gasteiger charge is -2.34. The van der Waals surface area contributed by atoms with E-state index in [1.54, 1.807) is 76.2 Å². The first-order chi connectivity index (χ1) is 29.8. The summed E-state index contributed by atoms with van der Waals surface area (Å²) in [6.07, 6.45) is -5.47. The monoisotopic (exact) mass is 848 g/mol. The lowest BCUT2D eigenvalue weighted by molar-refractivity contribution is -0.130. The van der Waals surface area contributed by atoms with Crippen LogP contribution in [0.4, 0.5) is 9.59 Å². The summed E-state index contributed by atoms with van der Waals surface area (Å²) in [5, 5.41) is 52.8. The van der Waals surface area contributed by atoms with Crippen molar-refractivity contribution in [3.05, 3.63) is 131 Å². The van der Waals surface area contributed by atoms with Gasteiger partial charge in [-0.2, -0.15) is 10.5 Å². The first-order valence-corrected chi connectivity index (χ1v) is 19.9. The number of hydrogen-bond acceptors (Lipinski definition) is 12. The molecule has 0 radical (unpaired) electrons. The molecule has 0 heterocycles. The predicted octanol–water partition coefficient (Wildman–Crippen LogP) is 4.48. The number of carbonyl (C=O) groups excluding carboxylic acids is 4. The van der Waals surface area contributed by atoms with Crippen molar-refractivity contribution < 1.29 is 48.3 Å². The number of aliphatic hydroxyl groups is 2. The molecule has 6 N–H and O–H groups in total. The summed E-state index contributed by atoms with van der Waals surface area (Å²) < 4.78 is 22.5. The Balaban J connectivity index is 1.57. The predicted molar refractivity (Wildman–Crippen MR) is 226 cm³/mol. The minimum atomic E-state index is -1.87. The normalized spacial score (nSPS) is 13.7. The Hall–Kier alpha value is -7.14. The van der Waals surface area contributed by atoms with Gasteiger partial charge in [-0.05, 0) is 71.5 Å². The molecule has 0 fully saturated rings. The van der Waals surface area contributed by atoms with Crippen LogP contribution in [0.5, 0.6) is 11.5 Å². The van der Waals surface area contributed by atoms with Gasteiger partial charge in [0.15, 0.2) is 0 Å². The fraction of sp³-hybridized carbons (Fsp3) is 0.348. The van der Waals surface area contributed by atoms with Gasteiger partial charge in [0.2, 0.25) is 11.8 Å². The summed E-state index contributed by atoms with van der Waals surface area (Å²) in [7, 11) is 0. The molecule has 16 nitrogen and oxygen atoms in total. The fourth-order valence-corrected chi connectivity index (χ4v) is 5.95. The molecule has 6 atom stereocenters. The molecule has 4 aromatic carbocycles. The molecule has 4 amide bonds. The van der Waals surface area contributed by atoms with Crippen LogP contribution in [0.15, 0.2) is 109 Å². The van der Waals surface area contributed by atoms with Gasteiger partial charge in [-0.25, -0.2) is 9.59 Å². The summed E-state index contributed by atoms with van der Waals surface area (Å²) in [6.45, 7) is 5.81. The average Bonchev–Trinajstić information content (AvgIpc) is 3.28.